The quantitative estimate of drug-likeness (QED) is 0.719. The van der Waals surface area contributed by atoms with E-state index in [0.29, 0.717) is 34.8 Å². The number of para-hydroxylation sites is 1. The van der Waals surface area contributed by atoms with Crippen molar-refractivity contribution in [1.82, 2.24) is 9.97 Å². The van der Waals surface area contributed by atoms with E-state index in [4.69, 9.17) is 15.9 Å². The van der Waals surface area contributed by atoms with Crippen molar-refractivity contribution in [3.05, 3.63) is 59.0 Å². The molecule has 6 heteroatoms. The summed E-state index contributed by atoms with van der Waals surface area (Å²) in [6, 6.07) is 11.4. The lowest BCUT2D eigenvalue weighted by Gasteiger charge is -2.10. The van der Waals surface area contributed by atoms with Crippen molar-refractivity contribution in [3.8, 4) is 17.5 Å². The van der Waals surface area contributed by atoms with Crippen molar-refractivity contribution in [2.45, 2.75) is 13.3 Å². The number of benzene rings is 1. The smallest absolute Gasteiger partial charge is 0.221 e. The molecule has 1 aromatic carbocycles. The van der Waals surface area contributed by atoms with Gasteiger partial charge in [0, 0.05) is 12.1 Å². The van der Waals surface area contributed by atoms with Gasteiger partial charge in [0.15, 0.2) is 5.76 Å². The summed E-state index contributed by atoms with van der Waals surface area (Å²) in [6.07, 6.45) is 1.95. The number of hydrogen-bond donors (Lipinski definition) is 2. The molecule has 0 unspecified atom stereocenters. The molecule has 0 fully saturated rings. The van der Waals surface area contributed by atoms with E-state index < -0.39 is 0 Å². The molecule has 0 aliphatic rings. The first-order valence-corrected chi connectivity index (χ1v) is 7.04. The maximum absolute atomic E-state index is 9.58. The molecule has 3 rings (SSSR count). The Bertz CT molecular complexity index is 908. The second-order valence-corrected chi connectivity index (χ2v) is 5.17. The summed E-state index contributed by atoms with van der Waals surface area (Å²) >= 11 is 0. The van der Waals surface area contributed by atoms with Crippen LogP contribution in [0.3, 0.4) is 0 Å². The minimum absolute atomic E-state index is 0.0966. The molecular weight excluding hydrogens is 290 g/mol. The van der Waals surface area contributed by atoms with Crippen LogP contribution in [0, 0.1) is 18.3 Å². The highest BCUT2D eigenvalue weighted by atomic mass is 16.3. The molecule has 6 nitrogen and oxygen atoms in total. The van der Waals surface area contributed by atoms with Gasteiger partial charge in [0.05, 0.1) is 12.0 Å². The zero-order chi connectivity index (χ0) is 16.4. The van der Waals surface area contributed by atoms with E-state index in [2.05, 4.69) is 16.0 Å². The molecule has 0 saturated heterocycles. The summed E-state index contributed by atoms with van der Waals surface area (Å²) < 4.78 is 5.46. The maximum atomic E-state index is 9.58. The fourth-order valence-electron chi connectivity index (χ4n) is 2.43. The highest BCUT2D eigenvalue weighted by Crippen LogP contribution is 2.29. The second kappa shape index (κ2) is 5.81. The van der Waals surface area contributed by atoms with Crippen molar-refractivity contribution >= 4 is 11.6 Å². The lowest BCUT2D eigenvalue weighted by atomic mass is 10.0. The lowest BCUT2D eigenvalue weighted by molar-refractivity contribution is 0.578. The van der Waals surface area contributed by atoms with Crippen LogP contribution in [-0.2, 0) is 6.42 Å². The van der Waals surface area contributed by atoms with E-state index in [1.807, 2.05) is 37.3 Å². The zero-order valence-electron chi connectivity index (χ0n) is 12.6. The van der Waals surface area contributed by atoms with Crippen molar-refractivity contribution in [1.29, 1.82) is 5.26 Å². The van der Waals surface area contributed by atoms with Gasteiger partial charge in [-0.05, 0) is 30.2 Å². The van der Waals surface area contributed by atoms with E-state index in [1.54, 1.807) is 6.26 Å². The van der Waals surface area contributed by atoms with Gasteiger partial charge < -0.3 is 15.9 Å². The Morgan fingerprint density at radius 2 is 1.96 bits per heavy atom. The number of aryl methyl sites for hydroxylation is 1. The summed E-state index contributed by atoms with van der Waals surface area (Å²) in [4.78, 5) is 8.42. The Kier molecular flexibility index (Phi) is 3.69. The summed E-state index contributed by atoms with van der Waals surface area (Å²) in [6.45, 7) is 1.88. The number of nitrogen functional groups attached to an aromatic ring is 2. The van der Waals surface area contributed by atoms with Crippen LogP contribution < -0.4 is 11.5 Å². The Hall–Kier alpha value is -3.33. The first kappa shape index (κ1) is 14.6. The Morgan fingerprint density at radius 1 is 1.17 bits per heavy atom. The summed E-state index contributed by atoms with van der Waals surface area (Å²) in [5.74, 6) is 0.622. The molecule has 0 aliphatic heterocycles. The molecule has 0 radical (unpaired) electrons. The standard InChI is InChI=1S/C17H15N5O/c1-10-6-7-23-16(10)15-12(9-18)14(21-17(20)22-15)8-11-4-2-3-5-13(11)19/h2-7H,8,19H2,1H3,(H2,20,21,22). The molecule has 4 N–H and O–H groups in total. The molecule has 0 saturated carbocycles. The fourth-order valence-corrected chi connectivity index (χ4v) is 2.43. The number of nitrogens with two attached hydrogens (primary N) is 2. The number of furan rings is 1. The van der Waals surface area contributed by atoms with Crippen molar-refractivity contribution in [3.63, 3.8) is 0 Å². The van der Waals surface area contributed by atoms with Gasteiger partial charge in [0.25, 0.3) is 0 Å². The molecule has 0 amide bonds. The van der Waals surface area contributed by atoms with Crippen LogP contribution in [0.2, 0.25) is 0 Å². The van der Waals surface area contributed by atoms with Crippen LogP contribution in [0.5, 0.6) is 0 Å². The van der Waals surface area contributed by atoms with Gasteiger partial charge in [-0.1, -0.05) is 18.2 Å². The number of nitrogens with zero attached hydrogens (tertiary/aromatic N) is 3. The van der Waals surface area contributed by atoms with E-state index in [1.165, 1.54) is 0 Å². The zero-order valence-corrected chi connectivity index (χ0v) is 12.6. The highest BCUT2D eigenvalue weighted by Gasteiger charge is 2.19. The monoisotopic (exact) mass is 305 g/mol. The molecule has 23 heavy (non-hydrogen) atoms. The van der Waals surface area contributed by atoms with Crippen LogP contribution in [-0.4, -0.2) is 9.97 Å². The Balaban J connectivity index is 2.15. The van der Waals surface area contributed by atoms with E-state index in [-0.39, 0.29) is 5.95 Å². The third kappa shape index (κ3) is 2.72. The number of anilines is 2. The van der Waals surface area contributed by atoms with E-state index >= 15 is 0 Å². The van der Waals surface area contributed by atoms with Crippen molar-refractivity contribution < 1.29 is 4.42 Å². The second-order valence-electron chi connectivity index (χ2n) is 5.17. The molecule has 0 atom stereocenters. The van der Waals surface area contributed by atoms with Crippen molar-refractivity contribution in [2.75, 3.05) is 11.5 Å². The fraction of sp³-hybridized carbons (Fsp3) is 0.118. The normalized spacial score (nSPS) is 10.4. The van der Waals surface area contributed by atoms with Crippen molar-refractivity contribution in [2.24, 2.45) is 0 Å². The molecule has 2 heterocycles. The first-order valence-electron chi connectivity index (χ1n) is 7.04. The summed E-state index contributed by atoms with van der Waals surface area (Å²) in [5, 5.41) is 9.58. The first-order chi connectivity index (χ1) is 11.1. The van der Waals surface area contributed by atoms with Gasteiger partial charge in [-0.3, -0.25) is 0 Å². The molecule has 114 valence electrons. The molecule has 0 aliphatic carbocycles. The average Bonchev–Trinajstić information content (AvgIpc) is 2.95. The molecule has 0 bridgehead atoms. The number of hydrogen-bond acceptors (Lipinski definition) is 6. The van der Waals surface area contributed by atoms with E-state index in [0.717, 1.165) is 11.1 Å². The number of rotatable bonds is 3. The van der Waals surface area contributed by atoms with Gasteiger partial charge in [0.1, 0.15) is 17.3 Å². The lowest BCUT2D eigenvalue weighted by Crippen LogP contribution is -2.07. The Morgan fingerprint density at radius 3 is 2.61 bits per heavy atom. The van der Waals surface area contributed by atoms with Gasteiger partial charge in [-0.15, -0.1) is 0 Å². The number of nitriles is 1. The summed E-state index contributed by atoms with van der Waals surface area (Å²) in [7, 11) is 0. The van der Waals surface area contributed by atoms with Gasteiger partial charge >= 0.3 is 0 Å². The van der Waals surface area contributed by atoms with Gasteiger partial charge in [-0.2, -0.15) is 5.26 Å². The average molecular weight is 305 g/mol. The SMILES string of the molecule is Cc1ccoc1-c1nc(N)nc(Cc2ccccc2N)c1C#N. The van der Waals surface area contributed by atoms with Crippen LogP contribution in [0.4, 0.5) is 11.6 Å². The highest BCUT2D eigenvalue weighted by molar-refractivity contribution is 5.67. The van der Waals surface area contributed by atoms with Crippen LogP contribution >= 0.6 is 0 Å². The third-order valence-corrected chi connectivity index (χ3v) is 3.60. The van der Waals surface area contributed by atoms with Crippen LogP contribution in [0.25, 0.3) is 11.5 Å². The predicted molar refractivity (Wildman–Crippen MR) is 87.3 cm³/mol. The molecule has 2 aromatic heterocycles. The van der Waals surface area contributed by atoms with Gasteiger partial charge in [0.2, 0.25) is 5.95 Å². The topological polar surface area (TPSA) is 115 Å². The minimum Gasteiger partial charge on any atom is -0.462 e. The Labute approximate surface area is 133 Å². The van der Waals surface area contributed by atoms with Crippen LogP contribution in [0.1, 0.15) is 22.4 Å². The molecular formula is C17H15N5O. The largest absolute Gasteiger partial charge is 0.462 e. The minimum atomic E-state index is 0.0966. The third-order valence-electron chi connectivity index (χ3n) is 3.60. The van der Waals surface area contributed by atoms with Gasteiger partial charge in [-0.25, -0.2) is 9.97 Å². The summed E-state index contributed by atoms with van der Waals surface area (Å²) in [5.41, 5.74) is 15.5. The van der Waals surface area contributed by atoms with Crippen LogP contribution in [0.15, 0.2) is 41.0 Å². The van der Waals surface area contributed by atoms with E-state index in [9.17, 15) is 5.26 Å². The molecule has 3 aromatic rings. The molecule has 0 spiro atoms. The maximum Gasteiger partial charge on any atom is 0.221 e. The number of aromatic nitrogens is 2. The predicted octanol–water partition coefficient (Wildman–Crippen LogP) is 2.67.